The Kier molecular flexibility index (Phi) is 7.28. The van der Waals surface area contributed by atoms with Gasteiger partial charge < -0.3 is 14.7 Å². The van der Waals surface area contributed by atoms with Gasteiger partial charge in [0.05, 0.1) is 0 Å². The molecule has 0 aliphatic rings. The van der Waals surface area contributed by atoms with Gasteiger partial charge in [-0.05, 0) is 38.8 Å². The molecule has 0 heterocycles. The highest BCUT2D eigenvalue weighted by Crippen LogP contribution is 2.18. The molecule has 1 rings (SSSR count). The Morgan fingerprint density at radius 2 is 2.11 bits per heavy atom. The predicted molar refractivity (Wildman–Crippen MR) is 83.3 cm³/mol. The number of thioether (sulfide) groups is 1. The molecule has 0 amide bonds. The summed E-state index contributed by atoms with van der Waals surface area (Å²) in [5, 5.41) is 9.95. The van der Waals surface area contributed by atoms with Crippen LogP contribution in [0.15, 0.2) is 18.2 Å². The summed E-state index contributed by atoms with van der Waals surface area (Å²) in [4.78, 5) is 2.13. The number of rotatable bonds is 8. The van der Waals surface area contributed by atoms with Crippen molar-refractivity contribution in [2.45, 2.75) is 20.0 Å². The zero-order valence-corrected chi connectivity index (χ0v) is 13.2. The molecule has 1 N–H and O–H groups in total. The van der Waals surface area contributed by atoms with Gasteiger partial charge in [0, 0.05) is 18.8 Å². The summed E-state index contributed by atoms with van der Waals surface area (Å²) in [7, 11) is 2.02. The first-order chi connectivity index (χ1) is 9.02. The zero-order chi connectivity index (χ0) is 14.3. The van der Waals surface area contributed by atoms with E-state index < -0.39 is 6.10 Å². The Hall–Kier alpha value is -0.710. The van der Waals surface area contributed by atoms with Crippen LogP contribution < -0.4 is 4.74 Å². The monoisotopic (exact) mass is 283 g/mol. The lowest BCUT2D eigenvalue weighted by Crippen LogP contribution is -2.34. The van der Waals surface area contributed by atoms with Crippen LogP contribution in [-0.2, 0) is 0 Å². The Labute approximate surface area is 121 Å². The average molecular weight is 283 g/mol. The molecule has 0 saturated carbocycles. The molecular formula is C15H25NO2S. The van der Waals surface area contributed by atoms with Crippen molar-refractivity contribution >= 4 is 11.8 Å². The number of nitrogens with zero attached hydrogens (tertiary/aromatic N) is 1. The van der Waals surface area contributed by atoms with Crippen LogP contribution in [0.3, 0.4) is 0 Å². The number of aliphatic hydroxyl groups is 1. The number of aryl methyl sites for hydroxylation is 2. The summed E-state index contributed by atoms with van der Waals surface area (Å²) in [6.07, 6.45) is 1.64. The van der Waals surface area contributed by atoms with Crippen molar-refractivity contribution in [2.75, 3.05) is 38.8 Å². The zero-order valence-electron chi connectivity index (χ0n) is 12.3. The highest BCUT2D eigenvalue weighted by Gasteiger charge is 2.09. The molecule has 1 atom stereocenters. The van der Waals surface area contributed by atoms with Crippen molar-refractivity contribution in [1.82, 2.24) is 4.90 Å². The predicted octanol–water partition coefficient (Wildman–Crippen LogP) is 2.34. The Morgan fingerprint density at radius 1 is 1.37 bits per heavy atom. The minimum Gasteiger partial charge on any atom is -0.491 e. The molecule has 1 aromatic carbocycles. The molecule has 3 nitrogen and oxygen atoms in total. The van der Waals surface area contributed by atoms with Crippen LogP contribution in [0, 0.1) is 13.8 Å². The van der Waals surface area contributed by atoms with Crippen LogP contribution in [0.2, 0.25) is 0 Å². The number of ether oxygens (including phenoxy) is 1. The van der Waals surface area contributed by atoms with Crippen molar-refractivity contribution in [3.8, 4) is 5.75 Å². The van der Waals surface area contributed by atoms with Gasteiger partial charge in [-0.1, -0.05) is 17.7 Å². The standard InChI is InChI=1S/C15H25NO2S/c1-12-5-6-15(13(2)9-12)18-11-14(17)10-16(3)7-8-19-4/h5-6,9,14,17H,7-8,10-11H2,1-4H3. The number of benzene rings is 1. The number of likely N-dealkylation sites (N-methyl/N-ethyl adjacent to an activating group) is 1. The van der Waals surface area contributed by atoms with E-state index in [0.717, 1.165) is 23.6 Å². The van der Waals surface area contributed by atoms with Crippen LogP contribution in [0.25, 0.3) is 0 Å². The third kappa shape index (κ3) is 6.32. The van der Waals surface area contributed by atoms with E-state index in [0.29, 0.717) is 13.2 Å². The van der Waals surface area contributed by atoms with Crippen molar-refractivity contribution in [2.24, 2.45) is 0 Å². The van der Waals surface area contributed by atoms with Gasteiger partial charge in [0.2, 0.25) is 0 Å². The van der Waals surface area contributed by atoms with Crippen molar-refractivity contribution in [3.63, 3.8) is 0 Å². The molecule has 4 heteroatoms. The molecule has 0 aromatic heterocycles. The first kappa shape index (κ1) is 16.3. The minimum absolute atomic E-state index is 0.341. The highest BCUT2D eigenvalue weighted by molar-refractivity contribution is 7.98. The fourth-order valence-electron chi connectivity index (χ4n) is 1.90. The maximum Gasteiger partial charge on any atom is 0.122 e. The van der Waals surface area contributed by atoms with Gasteiger partial charge in [-0.3, -0.25) is 0 Å². The van der Waals surface area contributed by atoms with Crippen LogP contribution in [0.4, 0.5) is 0 Å². The molecule has 19 heavy (non-hydrogen) atoms. The smallest absolute Gasteiger partial charge is 0.122 e. The molecule has 0 aliphatic heterocycles. The van der Waals surface area contributed by atoms with Gasteiger partial charge in [-0.15, -0.1) is 0 Å². The van der Waals surface area contributed by atoms with Crippen molar-refractivity contribution in [3.05, 3.63) is 29.3 Å². The van der Waals surface area contributed by atoms with E-state index in [4.69, 9.17) is 4.74 Å². The Morgan fingerprint density at radius 3 is 2.74 bits per heavy atom. The van der Waals surface area contributed by atoms with Gasteiger partial charge in [0.15, 0.2) is 0 Å². The van der Waals surface area contributed by atoms with Gasteiger partial charge in [-0.25, -0.2) is 0 Å². The Balaban J connectivity index is 2.35. The summed E-state index contributed by atoms with van der Waals surface area (Å²) in [6, 6.07) is 6.08. The van der Waals surface area contributed by atoms with E-state index in [1.54, 1.807) is 0 Å². The van der Waals surface area contributed by atoms with Crippen molar-refractivity contribution < 1.29 is 9.84 Å². The quantitative estimate of drug-likeness (QED) is 0.794. The van der Waals surface area contributed by atoms with Crippen LogP contribution in [-0.4, -0.2) is 54.9 Å². The lowest BCUT2D eigenvalue weighted by Gasteiger charge is -2.20. The van der Waals surface area contributed by atoms with Gasteiger partial charge in [0.25, 0.3) is 0 Å². The molecule has 108 valence electrons. The molecule has 0 spiro atoms. The van der Waals surface area contributed by atoms with Crippen LogP contribution in [0.1, 0.15) is 11.1 Å². The second kappa shape index (κ2) is 8.46. The van der Waals surface area contributed by atoms with E-state index in [9.17, 15) is 5.11 Å². The second-order valence-corrected chi connectivity index (χ2v) is 5.97. The summed E-state index contributed by atoms with van der Waals surface area (Å²) < 4.78 is 5.68. The summed E-state index contributed by atoms with van der Waals surface area (Å²) >= 11 is 1.82. The summed E-state index contributed by atoms with van der Waals surface area (Å²) in [5.74, 6) is 1.94. The third-order valence-corrected chi connectivity index (χ3v) is 3.55. The second-order valence-electron chi connectivity index (χ2n) is 4.99. The topological polar surface area (TPSA) is 32.7 Å². The molecule has 1 unspecified atom stereocenters. The third-order valence-electron chi connectivity index (χ3n) is 2.96. The largest absolute Gasteiger partial charge is 0.491 e. The van der Waals surface area contributed by atoms with E-state index in [1.165, 1.54) is 5.56 Å². The average Bonchev–Trinajstić information content (AvgIpc) is 2.35. The van der Waals surface area contributed by atoms with Crippen LogP contribution in [0.5, 0.6) is 5.75 Å². The first-order valence-corrected chi connectivity index (χ1v) is 7.98. The number of hydrogen-bond donors (Lipinski definition) is 1. The lowest BCUT2D eigenvalue weighted by atomic mass is 10.1. The fraction of sp³-hybridized carbons (Fsp3) is 0.600. The lowest BCUT2D eigenvalue weighted by molar-refractivity contribution is 0.0779. The van der Waals surface area contributed by atoms with E-state index >= 15 is 0 Å². The Bertz CT molecular complexity index is 384. The maximum atomic E-state index is 9.95. The molecule has 1 aromatic rings. The molecule has 0 fully saturated rings. The van der Waals surface area contributed by atoms with Gasteiger partial charge in [-0.2, -0.15) is 11.8 Å². The van der Waals surface area contributed by atoms with Gasteiger partial charge in [0.1, 0.15) is 18.5 Å². The summed E-state index contributed by atoms with van der Waals surface area (Å²) in [5.41, 5.74) is 2.34. The molecular weight excluding hydrogens is 258 g/mol. The number of aliphatic hydroxyl groups excluding tert-OH is 1. The molecule has 0 saturated heterocycles. The molecule has 0 bridgehead atoms. The summed E-state index contributed by atoms with van der Waals surface area (Å²) in [6.45, 7) is 6.06. The molecule has 0 radical (unpaired) electrons. The van der Waals surface area contributed by atoms with Crippen LogP contribution >= 0.6 is 11.8 Å². The minimum atomic E-state index is -0.451. The normalized spacial score (nSPS) is 12.7. The van der Waals surface area contributed by atoms with E-state index in [1.807, 2.05) is 37.9 Å². The fourth-order valence-corrected chi connectivity index (χ4v) is 2.39. The highest BCUT2D eigenvalue weighted by atomic mass is 32.2. The SMILES string of the molecule is CSCCN(C)CC(O)COc1ccc(C)cc1C. The maximum absolute atomic E-state index is 9.95. The molecule has 0 aliphatic carbocycles. The van der Waals surface area contributed by atoms with E-state index in [2.05, 4.69) is 24.1 Å². The van der Waals surface area contributed by atoms with Gasteiger partial charge >= 0.3 is 0 Å². The first-order valence-electron chi connectivity index (χ1n) is 6.58. The number of hydrogen-bond acceptors (Lipinski definition) is 4. The van der Waals surface area contributed by atoms with E-state index in [-0.39, 0.29) is 0 Å². The van der Waals surface area contributed by atoms with Crippen molar-refractivity contribution in [1.29, 1.82) is 0 Å².